The number of rotatable bonds is 4. The van der Waals surface area contributed by atoms with Crippen molar-refractivity contribution >= 4 is 62.5 Å². The van der Waals surface area contributed by atoms with Gasteiger partial charge in [0.05, 0.1) is 24.4 Å². The van der Waals surface area contributed by atoms with Gasteiger partial charge in [-0.15, -0.1) is 0 Å². The molecule has 184 valence electrons. The molecule has 9 nitrogen and oxygen atoms in total. The number of halogens is 1. The van der Waals surface area contributed by atoms with E-state index in [2.05, 4.69) is 27.6 Å². The summed E-state index contributed by atoms with van der Waals surface area (Å²) in [4.78, 5) is 44.7. The number of Topliss-reactive ketones (excluding diaryl/α,β-unsaturated/α-hetero) is 1. The zero-order valence-corrected chi connectivity index (χ0v) is 22.1. The van der Waals surface area contributed by atoms with E-state index in [1.165, 1.54) is 12.0 Å². The van der Waals surface area contributed by atoms with Crippen LogP contribution in [0.1, 0.15) is 32.5 Å². The van der Waals surface area contributed by atoms with Crippen LogP contribution in [0.3, 0.4) is 0 Å². The number of aromatic nitrogens is 1. The van der Waals surface area contributed by atoms with Gasteiger partial charge in [-0.05, 0) is 65.4 Å². The number of fused-ring (bicyclic) bond motifs is 1. The molecule has 0 saturated carbocycles. The van der Waals surface area contributed by atoms with Crippen LogP contribution in [0.25, 0.3) is 5.76 Å². The molecule has 1 atom stereocenters. The fourth-order valence-corrected chi connectivity index (χ4v) is 5.48. The number of anilines is 1. The number of hydrogen-bond acceptors (Lipinski definition) is 9. The highest BCUT2D eigenvalue weighted by atomic mass is 127. The lowest BCUT2D eigenvalue weighted by Crippen LogP contribution is -2.29. The van der Waals surface area contributed by atoms with Gasteiger partial charge in [0, 0.05) is 9.13 Å². The van der Waals surface area contributed by atoms with Crippen LogP contribution < -0.4 is 14.4 Å². The molecule has 1 fully saturated rings. The monoisotopic (exact) mass is 618 g/mol. The first-order valence-electron chi connectivity index (χ1n) is 10.8. The first-order valence-corrected chi connectivity index (χ1v) is 12.7. The molecule has 1 amide bonds. The molecule has 1 N–H and O–H groups in total. The Kier molecular flexibility index (Phi) is 6.43. The van der Waals surface area contributed by atoms with Crippen LogP contribution in [0.5, 0.6) is 11.5 Å². The molecule has 1 aromatic heterocycles. The summed E-state index contributed by atoms with van der Waals surface area (Å²) in [5.41, 5.74) is 1.18. The van der Waals surface area contributed by atoms with Gasteiger partial charge in [-0.1, -0.05) is 23.5 Å². The molecule has 11 heteroatoms. The van der Waals surface area contributed by atoms with Gasteiger partial charge in [0.25, 0.3) is 5.78 Å². The Morgan fingerprint density at radius 3 is 2.53 bits per heavy atom. The van der Waals surface area contributed by atoms with Crippen molar-refractivity contribution in [3.63, 3.8) is 0 Å². The van der Waals surface area contributed by atoms with Crippen LogP contribution in [0.4, 0.5) is 5.13 Å². The number of esters is 1. The van der Waals surface area contributed by atoms with Crippen LogP contribution in [-0.2, 0) is 14.3 Å². The van der Waals surface area contributed by atoms with Gasteiger partial charge in [0.1, 0.15) is 23.9 Å². The van der Waals surface area contributed by atoms with Gasteiger partial charge < -0.3 is 19.3 Å². The van der Waals surface area contributed by atoms with Crippen molar-refractivity contribution < 1.29 is 33.7 Å². The summed E-state index contributed by atoms with van der Waals surface area (Å²) in [5, 5.41) is 11.5. The number of amides is 1. The summed E-state index contributed by atoms with van der Waals surface area (Å²) < 4.78 is 16.9. The van der Waals surface area contributed by atoms with Crippen LogP contribution in [-0.4, -0.2) is 48.1 Å². The van der Waals surface area contributed by atoms with Gasteiger partial charge in [-0.25, -0.2) is 9.78 Å². The van der Waals surface area contributed by atoms with Crippen LogP contribution in [0.2, 0.25) is 0 Å². The van der Waals surface area contributed by atoms with Crippen molar-refractivity contribution in [2.75, 3.05) is 25.2 Å². The summed E-state index contributed by atoms with van der Waals surface area (Å²) in [6.07, 6.45) is 0. The third kappa shape index (κ3) is 4.11. The van der Waals surface area contributed by atoms with E-state index in [1.807, 2.05) is 12.1 Å². The van der Waals surface area contributed by atoms with Crippen molar-refractivity contribution in [1.29, 1.82) is 0 Å². The summed E-state index contributed by atoms with van der Waals surface area (Å²) in [7, 11) is 1.26. The fraction of sp³-hybridized carbons (Fsp3) is 0.200. The van der Waals surface area contributed by atoms with Crippen molar-refractivity contribution in [2.45, 2.75) is 13.0 Å². The maximum absolute atomic E-state index is 13.3. The van der Waals surface area contributed by atoms with Gasteiger partial charge >= 0.3 is 11.9 Å². The highest BCUT2D eigenvalue weighted by Crippen LogP contribution is 2.44. The van der Waals surface area contributed by atoms with Gasteiger partial charge in [-0.3, -0.25) is 14.5 Å². The molecule has 0 bridgehead atoms. The van der Waals surface area contributed by atoms with E-state index in [4.69, 9.17) is 14.2 Å². The van der Waals surface area contributed by atoms with Crippen LogP contribution in [0, 0.1) is 10.5 Å². The molecule has 0 aliphatic carbocycles. The number of benzene rings is 2. The van der Waals surface area contributed by atoms with Crippen LogP contribution in [0.15, 0.2) is 48.0 Å². The zero-order valence-electron chi connectivity index (χ0n) is 19.1. The van der Waals surface area contributed by atoms with Crippen molar-refractivity contribution in [3.8, 4) is 11.5 Å². The third-order valence-corrected chi connectivity index (χ3v) is 7.66. The smallest absolute Gasteiger partial charge is 0.350 e. The lowest BCUT2D eigenvalue weighted by atomic mass is 9.95. The number of ether oxygens (including phenoxy) is 3. The number of methoxy groups -OCH3 is 1. The van der Waals surface area contributed by atoms with E-state index in [-0.39, 0.29) is 21.3 Å². The van der Waals surface area contributed by atoms with Crippen molar-refractivity contribution in [1.82, 2.24) is 4.98 Å². The Labute approximate surface area is 223 Å². The summed E-state index contributed by atoms with van der Waals surface area (Å²) in [6, 6.07) is 11.1. The lowest BCUT2D eigenvalue weighted by molar-refractivity contribution is -0.132. The average molecular weight is 618 g/mol. The Balaban J connectivity index is 1.68. The topological polar surface area (TPSA) is 115 Å². The number of aliphatic hydroxyl groups is 1. The summed E-state index contributed by atoms with van der Waals surface area (Å²) >= 11 is 3.11. The minimum atomic E-state index is -0.966. The molecule has 0 spiro atoms. The predicted molar refractivity (Wildman–Crippen MR) is 140 cm³/mol. The lowest BCUT2D eigenvalue weighted by Gasteiger charge is -2.23. The van der Waals surface area contributed by atoms with E-state index >= 15 is 0 Å². The van der Waals surface area contributed by atoms with E-state index in [0.29, 0.717) is 41.5 Å². The van der Waals surface area contributed by atoms with Crippen LogP contribution >= 0.6 is 33.9 Å². The number of thiazole rings is 1. The number of ketones is 1. The van der Waals surface area contributed by atoms with E-state index in [9.17, 15) is 19.5 Å². The summed E-state index contributed by atoms with van der Waals surface area (Å²) in [5.74, 6) is -1.70. The molecule has 0 radical (unpaired) electrons. The second kappa shape index (κ2) is 9.54. The SMILES string of the molecule is COC(=O)c1sc(N2C(=O)C(=O)C(=C(O)c3ccc4c(c3)OCCO4)C2c2ccc(I)cc2)nc1C. The Morgan fingerprint density at radius 2 is 1.83 bits per heavy atom. The number of carbonyl (C=O) groups is 3. The molecule has 3 heterocycles. The maximum atomic E-state index is 13.3. The molecule has 2 aliphatic heterocycles. The molecule has 5 rings (SSSR count). The highest BCUT2D eigenvalue weighted by Gasteiger charge is 2.48. The summed E-state index contributed by atoms with van der Waals surface area (Å²) in [6.45, 7) is 2.39. The molecule has 36 heavy (non-hydrogen) atoms. The third-order valence-electron chi connectivity index (χ3n) is 5.81. The minimum absolute atomic E-state index is 0.0923. The molecule has 2 aromatic carbocycles. The van der Waals surface area contributed by atoms with Gasteiger partial charge in [-0.2, -0.15) is 0 Å². The second-order valence-corrected chi connectivity index (χ2v) is 10.2. The van der Waals surface area contributed by atoms with Crippen molar-refractivity contribution in [2.24, 2.45) is 0 Å². The van der Waals surface area contributed by atoms with E-state index in [1.54, 1.807) is 37.3 Å². The Hall–Kier alpha value is -3.45. The zero-order chi connectivity index (χ0) is 25.6. The Bertz CT molecular complexity index is 1430. The first kappa shape index (κ1) is 24.3. The molecule has 2 aliphatic rings. The fourth-order valence-electron chi connectivity index (χ4n) is 4.10. The molecular weight excluding hydrogens is 599 g/mol. The molecule has 1 unspecified atom stereocenters. The van der Waals surface area contributed by atoms with Gasteiger partial charge in [0.15, 0.2) is 16.6 Å². The number of aryl methyl sites for hydroxylation is 1. The van der Waals surface area contributed by atoms with E-state index in [0.717, 1.165) is 14.9 Å². The molecule has 3 aromatic rings. The largest absolute Gasteiger partial charge is 0.507 e. The van der Waals surface area contributed by atoms with Gasteiger partial charge in [0.2, 0.25) is 0 Å². The Morgan fingerprint density at radius 1 is 1.14 bits per heavy atom. The number of nitrogens with zero attached hydrogens (tertiary/aromatic N) is 2. The highest BCUT2D eigenvalue weighted by molar-refractivity contribution is 14.1. The van der Waals surface area contributed by atoms with Crippen molar-refractivity contribution in [3.05, 3.63) is 73.3 Å². The number of aliphatic hydroxyl groups excluding tert-OH is 1. The molecular formula is C25H19IN2O7S. The maximum Gasteiger partial charge on any atom is 0.350 e. The predicted octanol–water partition coefficient (Wildman–Crippen LogP) is 4.24. The second-order valence-electron chi connectivity index (χ2n) is 7.98. The van der Waals surface area contributed by atoms with E-state index < -0.39 is 23.7 Å². The first-order chi connectivity index (χ1) is 17.3. The molecule has 1 saturated heterocycles. The normalized spacial score (nSPS) is 18.4. The number of hydrogen-bond donors (Lipinski definition) is 1. The average Bonchev–Trinajstić information content (AvgIpc) is 3.40. The quantitative estimate of drug-likeness (QED) is 0.152. The minimum Gasteiger partial charge on any atom is -0.507 e. The number of carbonyl (C=O) groups excluding carboxylic acids is 3. The standard InChI is InChI=1S/C25H19IN2O7S/c1-12-22(24(32)33-2)36-25(27-12)28-19(13-3-6-15(26)7-4-13)18(21(30)23(28)31)20(29)14-5-8-16-17(11-14)35-10-9-34-16/h3-8,11,19,29H,9-10H2,1-2H3.